The summed E-state index contributed by atoms with van der Waals surface area (Å²) in [4.78, 5) is 11.7. The van der Waals surface area contributed by atoms with Crippen LogP contribution in [0.25, 0.3) is 10.8 Å². The summed E-state index contributed by atoms with van der Waals surface area (Å²) >= 11 is 0. The first-order chi connectivity index (χ1) is 17.7. The van der Waals surface area contributed by atoms with E-state index in [0.717, 1.165) is 50.9 Å². The summed E-state index contributed by atoms with van der Waals surface area (Å²) < 4.78 is 16.8. The standard InChI is InChI=1S/C31H48O5/c1-2-3-12-19-31(33)36-30(25-32)26-34-22-15-10-8-6-4-5-7-9-11-16-23-35-29-21-20-27-17-13-14-18-28(27)24-29/h13-14,17-18,20-21,24,30,32H,2-12,15-16,19,22-23,25-26H2,1H3/t30-/m0/s1. The van der Waals surface area contributed by atoms with Gasteiger partial charge in [0.15, 0.2) is 0 Å². The van der Waals surface area contributed by atoms with E-state index in [1.165, 1.54) is 55.7 Å². The highest BCUT2D eigenvalue weighted by Gasteiger charge is 2.13. The second-order valence-electron chi connectivity index (χ2n) is 9.72. The highest BCUT2D eigenvalue weighted by Crippen LogP contribution is 2.21. The van der Waals surface area contributed by atoms with Crippen LogP contribution in [0.3, 0.4) is 0 Å². The van der Waals surface area contributed by atoms with E-state index in [9.17, 15) is 9.90 Å². The van der Waals surface area contributed by atoms with Crippen molar-refractivity contribution in [2.45, 2.75) is 103 Å². The number of aliphatic hydroxyl groups excluding tert-OH is 1. The number of aliphatic hydroxyl groups is 1. The number of rotatable bonds is 22. The zero-order valence-corrected chi connectivity index (χ0v) is 22.4. The molecule has 0 amide bonds. The molecule has 0 aliphatic carbocycles. The Morgan fingerprint density at radius 3 is 2.08 bits per heavy atom. The summed E-state index contributed by atoms with van der Waals surface area (Å²) in [5, 5.41) is 11.8. The number of hydrogen-bond acceptors (Lipinski definition) is 5. The van der Waals surface area contributed by atoms with Gasteiger partial charge in [-0.25, -0.2) is 0 Å². The fourth-order valence-corrected chi connectivity index (χ4v) is 4.27. The highest BCUT2D eigenvalue weighted by atomic mass is 16.6. The second kappa shape index (κ2) is 20.0. The number of fused-ring (bicyclic) bond motifs is 1. The Labute approximate surface area is 218 Å². The summed E-state index contributed by atoms with van der Waals surface area (Å²) in [6, 6.07) is 14.7. The van der Waals surface area contributed by atoms with Gasteiger partial charge >= 0.3 is 5.97 Å². The van der Waals surface area contributed by atoms with Gasteiger partial charge in [-0.1, -0.05) is 101 Å². The van der Waals surface area contributed by atoms with E-state index in [0.29, 0.717) is 13.0 Å². The molecule has 2 rings (SSSR count). The second-order valence-corrected chi connectivity index (χ2v) is 9.72. The molecule has 0 saturated heterocycles. The van der Waals surface area contributed by atoms with Crippen molar-refractivity contribution in [2.75, 3.05) is 26.4 Å². The van der Waals surface area contributed by atoms with Gasteiger partial charge in [-0.3, -0.25) is 4.79 Å². The van der Waals surface area contributed by atoms with Crippen molar-refractivity contribution in [1.82, 2.24) is 0 Å². The number of hydrogen-bond donors (Lipinski definition) is 1. The minimum atomic E-state index is -0.538. The maximum atomic E-state index is 11.7. The van der Waals surface area contributed by atoms with Gasteiger partial charge < -0.3 is 19.3 Å². The normalized spacial score (nSPS) is 12.1. The Morgan fingerprint density at radius 1 is 0.778 bits per heavy atom. The molecule has 2 aromatic rings. The van der Waals surface area contributed by atoms with E-state index < -0.39 is 6.10 Å². The van der Waals surface area contributed by atoms with Crippen molar-refractivity contribution < 1.29 is 24.1 Å². The minimum absolute atomic E-state index is 0.184. The monoisotopic (exact) mass is 500 g/mol. The zero-order chi connectivity index (χ0) is 25.7. The van der Waals surface area contributed by atoms with Gasteiger partial charge in [-0.2, -0.15) is 0 Å². The lowest BCUT2D eigenvalue weighted by molar-refractivity contribution is -0.154. The molecule has 202 valence electrons. The van der Waals surface area contributed by atoms with Crippen molar-refractivity contribution in [1.29, 1.82) is 0 Å². The Bertz CT molecular complexity index is 821. The van der Waals surface area contributed by atoms with Gasteiger partial charge in [0.05, 0.1) is 19.8 Å². The lowest BCUT2D eigenvalue weighted by atomic mass is 10.1. The van der Waals surface area contributed by atoms with Crippen LogP contribution in [0.5, 0.6) is 5.75 Å². The van der Waals surface area contributed by atoms with Crippen LogP contribution in [-0.2, 0) is 14.3 Å². The topological polar surface area (TPSA) is 65.0 Å². The minimum Gasteiger partial charge on any atom is -0.494 e. The SMILES string of the molecule is CCCCCC(=O)O[C@@H](CO)COCCCCCCCCCCCCOc1ccc2ccccc2c1. The van der Waals surface area contributed by atoms with E-state index in [-0.39, 0.29) is 19.2 Å². The van der Waals surface area contributed by atoms with Crippen LogP contribution in [0.1, 0.15) is 96.8 Å². The van der Waals surface area contributed by atoms with Gasteiger partial charge in [0, 0.05) is 13.0 Å². The van der Waals surface area contributed by atoms with Crippen LogP contribution in [0.4, 0.5) is 0 Å². The summed E-state index contributed by atoms with van der Waals surface area (Å²) in [5.41, 5.74) is 0. The van der Waals surface area contributed by atoms with E-state index in [1.54, 1.807) is 0 Å². The third kappa shape index (κ3) is 13.8. The molecule has 0 fully saturated rings. The molecule has 0 aliphatic rings. The first kappa shape index (κ1) is 30.1. The third-order valence-corrected chi connectivity index (χ3v) is 6.46. The first-order valence-corrected chi connectivity index (χ1v) is 14.2. The molecular formula is C31H48O5. The van der Waals surface area contributed by atoms with Gasteiger partial charge in [0.1, 0.15) is 11.9 Å². The van der Waals surface area contributed by atoms with E-state index >= 15 is 0 Å². The Kier molecular flexibility index (Phi) is 16.7. The molecule has 5 nitrogen and oxygen atoms in total. The highest BCUT2D eigenvalue weighted by molar-refractivity contribution is 5.83. The summed E-state index contributed by atoms with van der Waals surface area (Å²) in [7, 11) is 0. The number of esters is 1. The van der Waals surface area contributed by atoms with Gasteiger partial charge in [-0.15, -0.1) is 0 Å². The average molecular weight is 501 g/mol. The number of unbranched alkanes of at least 4 members (excludes halogenated alkanes) is 11. The lowest BCUT2D eigenvalue weighted by Crippen LogP contribution is -2.27. The van der Waals surface area contributed by atoms with Crippen molar-refractivity contribution in [3.05, 3.63) is 42.5 Å². The zero-order valence-electron chi connectivity index (χ0n) is 22.4. The van der Waals surface area contributed by atoms with Crippen molar-refractivity contribution in [3.8, 4) is 5.75 Å². The van der Waals surface area contributed by atoms with Crippen molar-refractivity contribution in [2.24, 2.45) is 0 Å². The predicted octanol–water partition coefficient (Wildman–Crippen LogP) is 7.62. The lowest BCUT2D eigenvalue weighted by Gasteiger charge is -2.15. The molecular weight excluding hydrogens is 452 g/mol. The fraction of sp³-hybridized carbons (Fsp3) is 0.645. The van der Waals surface area contributed by atoms with Crippen LogP contribution in [-0.4, -0.2) is 43.6 Å². The quantitative estimate of drug-likeness (QED) is 0.133. The molecule has 0 radical (unpaired) electrons. The summed E-state index contributed by atoms with van der Waals surface area (Å²) in [5.74, 6) is 0.731. The number of benzene rings is 2. The van der Waals surface area contributed by atoms with Crippen LogP contribution < -0.4 is 4.74 Å². The van der Waals surface area contributed by atoms with Gasteiger partial charge in [0.25, 0.3) is 0 Å². The van der Waals surface area contributed by atoms with Crippen molar-refractivity contribution >= 4 is 16.7 Å². The predicted molar refractivity (Wildman–Crippen MR) is 148 cm³/mol. The molecule has 1 N–H and O–H groups in total. The van der Waals surface area contributed by atoms with Gasteiger partial charge in [-0.05, 0) is 42.2 Å². The molecule has 0 bridgehead atoms. The van der Waals surface area contributed by atoms with Crippen LogP contribution >= 0.6 is 0 Å². The smallest absolute Gasteiger partial charge is 0.306 e. The summed E-state index contributed by atoms with van der Waals surface area (Å²) in [6.45, 7) is 3.65. The third-order valence-electron chi connectivity index (χ3n) is 6.46. The van der Waals surface area contributed by atoms with Gasteiger partial charge in [0.2, 0.25) is 0 Å². The van der Waals surface area contributed by atoms with Crippen LogP contribution in [0.2, 0.25) is 0 Å². The Morgan fingerprint density at radius 2 is 1.42 bits per heavy atom. The Balaban J connectivity index is 1.33. The maximum absolute atomic E-state index is 11.7. The van der Waals surface area contributed by atoms with Crippen LogP contribution in [0, 0.1) is 0 Å². The molecule has 0 aliphatic heterocycles. The average Bonchev–Trinajstić information content (AvgIpc) is 2.90. The molecule has 0 unspecified atom stereocenters. The largest absolute Gasteiger partial charge is 0.494 e. The molecule has 0 heterocycles. The van der Waals surface area contributed by atoms with Crippen molar-refractivity contribution in [3.63, 3.8) is 0 Å². The summed E-state index contributed by atoms with van der Waals surface area (Å²) in [6.07, 6.45) is 15.1. The van der Waals surface area contributed by atoms with E-state index in [4.69, 9.17) is 14.2 Å². The van der Waals surface area contributed by atoms with Crippen LogP contribution in [0.15, 0.2) is 42.5 Å². The molecule has 36 heavy (non-hydrogen) atoms. The number of ether oxygens (including phenoxy) is 3. The molecule has 0 aromatic heterocycles. The number of carbonyl (C=O) groups is 1. The molecule has 0 spiro atoms. The Hall–Kier alpha value is -2.11. The molecule has 5 heteroatoms. The molecule has 0 saturated carbocycles. The number of carbonyl (C=O) groups excluding carboxylic acids is 1. The van der Waals surface area contributed by atoms with E-state index in [2.05, 4.69) is 49.4 Å². The van der Waals surface area contributed by atoms with E-state index in [1.807, 2.05) is 0 Å². The maximum Gasteiger partial charge on any atom is 0.306 e. The molecule has 2 aromatic carbocycles. The first-order valence-electron chi connectivity index (χ1n) is 14.2. The fourth-order valence-electron chi connectivity index (χ4n) is 4.27. The molecule has 1 atom stereocenters.